The third-order valence-electron chi connectivity index (χ3n) is 5.59. The van der Waals surface area contributed by atoms with Crippen LogP contribution in [0.4, 0.5) is 4.79 Å². The van der Waals surface area contributed by atoms with Gasteiger partial charge in [0.1, 0.15) is 12.1 Å². The van der Waals surface area contributed by atoms with E-state index in [1.807, 2.05) is 43.5 Å². The van der Waals surface area contributed by atoms with E-state index in [4.69, 9.17) is 0 Å². The highest BCUT2D eigenvalue weighted by Crippen LogP contribution is 2.34. The molecule has 2 aromatic rings. The molecule has 1 N–H and O–H groups in total. The molecule has 2 fully saturated rings. The molecule has 0 unspecified atom stereocenters. The number of hydrogen-bond acceptors (Lipinski definition) is 4. The monoisotopic (exact) mass is 381 g/mol. The Balaban J connectivity index is 1.45. The molecule has 8 nitrogen and oxygen atoms in total. The molecule has 4 rings (SSSR count). The van der Waals surface area contributed by atoms with Crippen molar-refractivity contribution in [2.24, 2.45) is 0 Å². The van der Waals surface area contributed by atoms with Crippen LogP contribution in [0.25, 0.3) is 0 Å². The summed E-state index contributed by atoms with van der Waals surface area (Å²) in [5.41, 5.74) is 1.09. The minimum Gasteiger partial charge on any atom is -0.341 e. The summed E-state index contributed by atoms with van der Waals surface area (Å²) < 4.78 is 1.62. The van der Waals surface area contributed by atoms with Crippen molar-refractivity contribution >= 4 is 17.8 Å². The van der Waals surface area contributed by atoms with E-state index in [-0.39, 0.29) is 24.4 Å². The molecule has 0 atom stereocenters. The van der Waals surface area contributed by atoms with Gasteiger partial charge in [0, 0.05) is 25.8 Å². The van der Waals surface area contributed by atoms with Crippen LogP contribution in [0.15, 0.2) is 42.7 Å². The molecule has 8 heteroatoms. The molecular weight excluding hydrogens is 358 g/mol. The number of nitrogens with zero attached hydrogens (tertiary/aromatic N) is 4. The zero-order chi connectivity index (χ0) is 19.7. The lowest BCUT2D eigenvalue weighted by Crippen LogP contribution is -2.57. The Morgan fingerprint density at radius 2 is 1.89 bits per heavy atom. The van der Waals surface area contributed by atoms with Gasteiger partial charge in [0.05, 0.1) is 6.20 Å². The topological polar surface area (TPSA) is 87.5 Å². The summed E-state index contributed by atoms with van der Waals surface area (Å²) in [5, 5.41) is 6.62. The lowest BCUT2D eigenvalue weighted by molar-refractivity contribution is -0.138. The number of imide groups is 1. The van der Waals surface area contributed by atoms with Crippen molar-refractivity contribution in [3.63, 3.8) is 0 Å². The number of aromatic nitrogens is 2. The number of piperidine rings is 1. The van der Waals surface area contributed by atoms with Crippen molar-refractivity contribution in [3.8, 4) is 0 Å². The SMILES string of the molecule is Cc1cnn(CC(=O)N2CCC3(CC2)C(=O)NC(=O)N3Cc2ccccc2)c1. The second-order valence-corrected chi connectivity index (χ2v) is 7.46. The van der Waals surface area contributed by atoms with Crippen LogP contribution in [0, 0.1) is 6.92 Å². The first-order valence-corrected chi connectivity index (χ1v) is 9.42. The van der Waals surface area contributed by atoms with E-state index in [0.29, 0.717) is 32.5 Å². The molecular formula is C20H23N5O3. The maximum absolute atomic E-state index is 12.6. The second-order valence-electron chi connectivity index (χ2n) is 7.46. The molecule has 0 radical (unpaired) electrons. The predicted molar refractivity (Wildman–Crippen MR) is 101 cm³/mol. The maximum atomic E-state index is 12.6. The molecule has 4 amide bonds. The fourth-order valence-electron chi connectivity index (χ4n) is 4.00. The van der Waals surface area contributed by atoms with Crippen molar-refractivity contribution < 1.29 is 14.4 Å². The van der Waals surface area contributed by atoms with Crippen molar-refractivity contribution in [1.29, 1.82) is 0 Å². The lowest BCUT2D eigenvalue weighted by Gasteiger charge is -2.42. The summed E-state index contributed by atoms with van der Waals surface area (Å²) in [6.45, 7) is 3.35. The molecule has 1 aromatic carbocycles. The van der Waals surface area contributed by atoms with Crippen molar-refractivity contribution in [2.75, 3.05) is 13.1 Å². The van der Waals surface area contributed by atoms with Crippen LogP contribution in [0.5, 0.6) is 0 Å². The molecule has 1 aromatic heterocycles. The first kappa shape index (κ1) is 18.2. The van der Waals surface area contributed by atoms with Crippen LogP contribution in [-0.2, 0) is 22.7 Å². The first-order valence-electron chi connectivity index (χ1n) is 9.42. The van der Waals surface area contributed by atoms with Crippen LogP contribution in [0.1, 0.15) is 24.0 Å². The molecule has 3 heterocycles. The summed E-state index contributed by atoms with van der Waals surface area (Å²) in [6.07, 6.45) is 4.41. The summed E-state index contributed by atoms with van der Waals surface area (Å²) in [7, 11) is 0. The standard InChI is InChI=1S/C20H23N5O3/c1-15-11-21-24(12-15)14-17(26)23-9-7-20(8-10-23)18(27)22-19(28)25(20)13-16-5-3-2-4-6-16/h2-6,11-12H,7-10,13-14H2,1H3,(H,22,27,28). The minimum absolute atomic E-state index is 0.0303. The van der Waals surface area contributed by atoms with Gasteiger partial charge in [-0.25, -0.2) is 4.79 Å². The zero-order valence-electron chi connectivity index (χ0n) is 15.8. The molecule has 1 spiro atoms. The fraction of sp³-hybridized carbons (Fsp3) is 0.400. The second kappa shape index (κ2) is 7.10. The smallest absolute Gasteiger partial charge is 0.325 e. The highest BCUT2D eigenvalue weighted by molar-refractivity contribution is 6.07. The van der Waals surface area contributed by atoms with Gasteiger partial charge in [-0.15, -0.1) is 0 Å². The Morgan fingerprint density at radius 3 is 2.54 bits per heavy atom. The number of amides is 4. The fourth-order valence-corrected chi connectivity index (χ4v) is 4.00. The largest absolute Gasteiger partial charge is 0.341 e. The van der Waals surface area contributed by atoms with E-state index < -0.39 is 5.54 Å². The van der Waals surface area contributed by atoms with Gasteiger partial charge in [0.15, 0.2) is 0 Å². The van der Waals surface area contributed by atoms with Crippen LogP contribution < -0.4 is 5.32 Å². The van der Waals surface area contributed by atoms with Crippen LogP contribution >= 0.6 is 0 Å². The number of benzene rings is 1. The van der Waals surface area contributed by atoms with Crippen LogP contribution in [0.3, 0.4) is 0 Å². The van der Waals surface area contributed by atoms with Crippen molar-refractivity contribution in [1.82, 2.24) is 24.9 Å². The lowest BCUT2D eigenvalue weighted by atomic mass is 9.85. The van der Waals surface area contributed by atoms with Gasteiger partial charge >= 0.3 is 6.03 Å². The summed E-state index contributed by atoms with van der Waals surface area (Å²) in [6, 6.07) is 9.26. The Hall–Kier alpha value is -3.16. The van der Waals surface area contributed by atoms with E-state index in [2.05, 4.69) is 10.4 Å². The highest BCUT2D eigenvalue weighted by Gasteiger charge is 2.54. The molecule has 2 aliphatic rings. The summed E-state index contributed by atoms with van der Waals surface area (Å²) in [5.74, 6) is -0.291. The highest BCUT2D eigenvalue weighted by atomic mass is 16.2. The molecule has 146 valence electrons. The molecule has 2 saturated heterocycles. The zero-order valence-corrected chi connectivity index (χ0v) is 15.8. The molecule has 0 bridgehead atoms. The minimum atomic E-state index is -0.883. The Morgan fingerprint density at radius 1 is 1.18 bits per heavy atom. The summed E-state index contributed by atoms with van der Waals surface area (Å²) >= 11 is 0. The van der Waals surface area contributed by atoms with E-state index in [1.54, 1.807) is 20.7 Å². The number of carbonyl (C=O) groups excluding carboxylic acids is 3. The number of carbonyl (C=O) groups is 3. The van der Waals surface area contributed by atoms with Gasteiger partial charge in [-0.2, -0.15) is 5.10 Å². The maximum Gasteiger partial charge on any atom is 0.325 e. The third-order valence-corrected chi connectivity index (χ3v) is 5.59. The van der Waals surface area contributed by atoms with Crippen LogP contribution in [0.2, 0.25) is 0 Å². The number of urea groups is 1. The number of rotatable bonds is 4. The Labute approximate surface area is 163 Å². The Bertz CT molecular complexity index is 900. The van der Waals surface area contributed by atoms with Gasteiger partial charge in [-0.3, -0.25) is 19.6 Å². The molecule has 28 heavy (non-hydrogen) atoms. The normalized spacial score (nSPS) is 18.6. The summed E-state index contributed by atoms with van der Waals surface area (Å²) in [4.78, 5) is 41.0. The van der Waals surface area contributed by atoms with Gasteiger partial charge in [0.25, 0.3) is 5.91 Å². The first-order chi connectivity index (χ1) is 13.5. The van der Waals surface area contributed by atoms with Gasteiger partial charge in [-0.05, 0) is 30.9 Å². The van der Waals surface area contributed by atoms with E-state index >= 15 is 0 Å². The van der Waals surface area contributed by atoms with Gasteiger partial charge in [0.2, 0.25) is 5.91 Å². The van der Waals surface area contributed by atoms with E-state index in [0.717, 1.165) is 11.1 Å². The predicted octanol–water partition coefficient (Wildman–Crippen LogP) is 1.30. The van der Waals surface area contributed by atoms with Crippen molar-refractivity contribution in [3.05, 3.63) is 53.9 Å². The quantitative estimate of drug-likeness (QED) is 0.809. The Kier molecular flexibility index (Phi) is 4.62. The van der Waals surface area contributed by atoms with E-state index in [1.165, 1.54) is 0 Å². The number of hydrogen-bond donors (Lipinski definition) is 1. The number of aryl methyl sites for hydroxylation is 1. The molecule has 0 aliphatic carbocycles. The number of nitrogens with one attached hydrogen (secondary N) is 1. The number of likely N-dealkylation sites (tertiary alicyclic amines) is 1. The molecule has 2 aliphatic heterocycles. The van der Waals surface area contributed by atoms with Gasteiger partial charge in [-0.1, -0.05) is 30.3 Å². The van der Waals surface area contributed by atoms with Gasteiger partial charge < -0.3 is 9.80 Å². The molecule has 0 saturated carbocycles. The van der Waals surface area contributed by atoms with Crippen molar-refractivity contribution in [2.45, 2.75) is 38.4 Å². The average Bonchev–Trinajstić information content (AvgIpc) is 3.19. The third kappa shape index (κ3) is 3.26. The van der Waals surface area contributed by atoms with Crippen LogP contribution in [-0.4, -0.2) is 56.1 Å². The van der Waals surface area contributed by atoms with E-state index in [9.17, 15) is 14.4 Å². The average molecular weight is 381 g/mol.